The van der Waals surface area contributed by atoms with Gasteiger partial charge in [-0.15, -0.1) is 0 Å². The van der Waals surface area contributed by atoms with Gasteiger partial charge in [0.1, 0.15) is 6.07 Å². The zero-order valence-electron chi connectivity index (χ0n) is 11.8. The fraction of sp³-hybridized carbons (Fsp3) is 0.231. The highest BCUT2D eigenvalue weighted by Gasteiger charge is 2.30. The van der Waals surface area contributed by atoms with E-state index in [0.717, 1.165) is 18.2 Å². The molecule has 1 rings (SSSR count). The van der Waals surface area contributed by atoms with Crippen molar-refractivity contribution >= 4 is 23.4 Å². The molecule has 1 aromatic carbocycles. The number of nitrogens with zero attached hydrogens (tertiary/aromatic N) is 2. The van der Waals surface area contributed by atoms with Gasteiger partial charge in [-0.25, -0.2) is 4.79 Å². The van der Waals surface area contributed by atoms with E-state index < -0.39 is 29.5 Å². The summed E-state index contributed by atoms with van der Waals surface area (Å²) in [5.74, 6) is -1.15. The van der Waals surface area contributed by atoms with Gasteiger partial charge in [0, 0.05) is 0 Å². The minimum absolute atomic E-state index is 0.0145. The van der Waals surface area contributed by atoms with E-state index in [9.17, 15) is 22.8 Å². The first-order chi connectivity index (χ1) is 10.8. The Morgan fingerprint density at radius 3 is 2.65 bits per heavy atom. The quantitative estimate of drug-likeness (QED) is 0.652. The monoisotopic (exact) mass is 328 g/mol. The summed E-state index contributed by atoms with van der Waals surface area (Å²) in [5, 5.41) is 13.9. The molecule has 0 saturated heterocycles. The van der Waals surface area contributed by atoms with Gasteiger partial charge in [0.15, 0.2) is 0 Å². The molecule has 10 heteroatoms. The summed E-state index contributed by atoms with van der Waals surface area (Å²) in [6.45, 7) is 1.53. The second-order valence-corrected chi connectivity index (χ2v) is 3.94. The number of ether oxygens (including phenoxy) is 1. The number of amides is 2. The van der Waals surface area contributed by atoms with E-state index in [1.165, 1.54) is 19.1 Å². The zero-order valence-corrected chi connectivity index (χ0v) is 11.8. The molecule has 23 heavy (non-hydrogen) atoms. The van der Waals surface area contributed by atoms with E-state index in [1.54, 1.807) is 5.32 Å². The topological polar surface area (TPSA) is 104 Å². The number of anilines is 1. The number of hydrogen-bond donors (Lipinski definition) is 2. The Kier molecular flexibility index (Phi) is 6.08. The fourth-order valence-corrected chi connectivity index (χ4v) is 1.33. The number of halogens is 3. The number of imide groups is 1. The van der Waals surface area contributed by atoms with E-state index in [2.05, 4.69) is 15.3 Å². The van der Waals surface area contributed by atoms with Crippen LogP contribution in [0.1, 0.15) is 12.5 Å². The van der Waals surface area contributed by atoms with Crippen molar-refractivity contribution in [2.24, 2.45) is 5.10 Å². The van der Waals surface area contributed by atoms with E-state index in [4.69, 9.17) is 5.26 Å². The van der Waals surface area contributed by atoms with Gasteiger partial charge in [-0.2, -0.15) is 23.5 Å². The third-order valence-electron chi connectivity index (χ3n) is 2.30. The van der Waals surface area contributed by atoms with Crippen molar-refractivity contribution in [2.75, 3.05) is 12.0 Å². The third kappa shape index (κ3) is 5.66. The van der Waals surface area contributed by atoms with Crippen molar-refractivity contribution in [3.63, 3.8) is 0 Å². The number of benzene rings is 1. The molecule has 0 heterocycles. The number of rotatable bonds is 4. The summed E-state index contributed by atoms with van der Waals surface area (Å²) >= 11 is 0. The first-order valence-electron chi connectivity index (χ1n) is 6.17. The Morgan fingerprint density at radius 2 is 2.09 bits per heavy atom. The van der Waals surface area contributed by atoms with Crippen LogP contribution in [-0.4, -0.2) is 24.3 Å². The summed E-state index contributed by atoms with van der Waals surface area (Å²) < 4.78 is 42.1. The lowest BCUT2D eigenvalue weighted by Gasteiger charge is -2.08. The lowest BCUT2D eigenvalue weighted by atomic mass is 10.2. The highest BCUT2D eigenvalue weighted by Crippen LogP contribution is 2.30. The highest BCUT2D eigenvalue weighted by atomic mass is 19.4. The van der Waals surface area contributed by atoms with Gasteiger partial charge in [-0.3, -0.25) is 15.5 Å². The minimum atomic E-state index is -4.54. The van der Waals surface area contributed by atoms with Crippen LogP contribution in [0.2, 0.25) is 0 Å². The van der Waals surface area contributed by atoms with Crippen LogP contribution in [0, 0.1) is 11.3 Å². The van der Waals surface area contributed by atoms with Gasteiger partial charge in [-0.1, -0.05) is 6.07 Å². The van der Waals surface area contributed by atoms with Crippen LogP contribution >= 0.6 is 0 Å². The molecular formula is C13H11F3N4O3. The Hall–Kier alpha value is -3.09. The average Bonchev–Trinajstić information content (AvgIpc) is 2.47. The second kappa shape index (κ2) is 7.79. The molecule has 2 amide bonds. The fourth-order valence-electron chi connectivity index (χ4n) is 1.33. The summed E-state index contributed by atoms with van der Waals surface area (Å²) in [6.07, 6.45) is -5.61. The van der Waals surface area contributed by atoms with E-state index >= 15 is 0 Å². The zero-order chi connectivity index (χ0) is 17.5. The molecular weight excluding hydrogens is 317 g/mol. The smallest absolute Gasteiger partial charge is 0.416 e. The predicted octanol–water partition coefficient (Wildman–Crippen LogP) is 2.27. The Morgan fingerprint density at radius 1 is 1.39 bits per heavy atom. The number of hydrazone groups is 1. The van der Waals surface area contributed by atoms with Crippen LogP contribution in [-0.2, 0) is 15.7 Å². The molecule has 7 nitrogen and oxygen atoms in total. The molecule has 0 spiro atoms. The van der Waals surface area contributed by atoms with Crippen LogP contribution < -0.4 is 10.7 Å². The number of alkyl halides is 3. The molecule has 0 aromatic heterocycles. The molecule has 0 aliphatic heterocycles. The standard InChI is InChI=1S/C13H11F3N4O3/c1-2-23-12(22)18-11(21)10(7-17)20-19-9-5-3-4-8(6-9)13(14,15)16/h3-6,19H,2H2,1H3,(H,18,21,22). The molecule has 0 radical (unpaired) electrons. The Balaban J connectivity index is 2.83. The van der Waals surface area contributed by atoms with Gasteiger partial charge < -0.3 is 4.74 Å². The van der Waals surface area contributed by atoms with Crippen LogP contribution in [0.5, 0.6) is 0 Å². The van der Waals surface area contributed by atoms with Gasteiger partial charge in [0.2, 0.25) is 5.71 Å². The molecule has 0 fully saturated rings. The van der Waals surface area contributed by atoms with Crippen molar-refractivity contribution in [1.29, 1.82) is 5.26 Å². The van der Waals surface area contributed by atoms with E-state index in [-0.39, 0.29) is 12.3 Å². The Bertz CT molecular complexity index is 665. The normalized spacial score (nSPS) is 11.3. The number of carbonyl (C=O) groups is 2. The van der Waals surface area contributed by atoms with Gasteiger partial charge in [-0.05, 0) is 25.1 Å². The van der Waals surface area contributed by atoms with Gasteiger partial charge in [0.05, 0.1) is 17.9 Å². The lowest BCUT2D eigenvalue weighted by Crippen LogP contribution is -2.36. The molecule has 0 aliphatic rings. The van der Waals surface area contributed by atoms with E-state index in [0.29, 0.717) is 0 Å². The minimum Gasteiger partial charge on any atom is -0.450 e. The maximum absolute atomic E-state index is 12.5. The molecule has 0 aliphatic carbocycles. The number of hydrogen-bond acceptors (Lipinski definition) is 6. The van der Waals surface area contributed by atoms with Crippen molar-refractivity contribution in [1.82, 2.24) is 5.32 Å². The molecule has 2 N–H and O–H groups in total. The van der Waals surface area contributed by atoms with Crippen molar-refractivity contribution < 1.29 is 27.5 Å². The summed E-state index contributed by atoms with van der Waals surface area (Å²) in [5.41, 5.74) is 0.382. The molecule has 0 atom stereocenters. The number of nitrogens with one attached hydrogen (secondary N) is 2. The number of carbonyl (C=O) groups excluding carboxylic acids is 2. The van der Waals surface area contributed by atoms with Gasteiger partial charge >= 0.3 is 12.3 Å². The highest BCUT2D eigenvalue weighted by molar-refractivity contribution is 6.46. The first kappa shape index (κ1) is 18.0. The largest absolute Gasteiger partial charge is 0.450 e. The van der Waals surface area contributed by atoms with Crippen LogP contribution in [0.3, 0.4) is 0 Å². The predicted molar refractivity (Wildman–Crippen MR) is 73.3 cm³/mol. The number of alkyl carbamates (subject to hydrolysis) is 1. The second-order valence-electron chi connectivity index (χ2n) is 3.94. The number of nitriles is 1. The molecule has 0 saturated carbocycles. The van der Waals surface area contributed by atoms with Gasteiger partial charge in [0.25, 0.3) is 5.91 Å². The SMILES string of the molecule is CCOC(=O)NC(=O)C(C#N)=NNc1cccc(C(F)(F)F)c1. The van der Waals surface area contributed by atoms with Crippen molar-refractivity contribution in [3.8, 4) is 6.07 Å². The van der Waals surface area contributed by atoms with Crippen LogP contribution in [0.15, 0.2) is 29.4 Å². The van der Waals surface area contributed by atoms with Crippen LogP contribution in [0.4, 0.5) is 23.7 Å². The van der Waals surface area contributed by atoms with E-state index in [1.807, 2.05) is 0 Å². The Labute approximate surface area is 128 Å². The summed E-state index contributed by atoms with van der Waals surface area (Å²) in [4.78, 5) is 22.6. The molecule has 1 aromatic rings. The maximum Gasteiger partial charge on any atom is 0.416 e. The third-order valence-corrected chi connectivity index (χ3v) is 2.30. The summed E-state index contributed by atoms with van der Waals surface area (Å²) in [6, 6.07) is 5.41. The maximum atomic E-state index is 12.5. The van der Waals surface area contributed by atoms with Crippen LogP contribution in [0.25, 0.3) is 0 Å². The van der Waals surface area contributed by atoms with Crippen molar-refractivity contribution in [2.45, 2.75) is 13.1 Å². The molecule has 122 valence electrons. The molecule has 0 unspecified atom stereocenters. The average molecular weight is 328 g/mol. The molecule has 0 bridgehead atoms. The summed E-state index contributed by atoms with van der Waals surface area (Å²) in [7, 11) is 0. The lowest BCUT2D eigenvalue weighted by molar-refractivity contribution is -0.137. The van der Waals surface area contributed by atoms with Crippen molar-refractivity contribution in [3.05, 3.63) is 29.8 Å². The first-order valence-corrected chi connectivity index (χ1v) is 6.17.